The summed E-state index contributed by atoms with van der Waals surface area (Å²) in [6, 6.07) is 8.08. The number of ketones is 1. The first-order chi connectivity index (χ1) is 14.4. The van der Waals surface area contributed by atoms with Gasteiger partial charge in [-0.15, -0.1) is 0 Å². The van der Waals surface area contributed by atoms with Gasteiger partial charge in [0.05, 0.1) is 14.2 Å². The van der Waals surface area contributed by atoms with Crippen LogP contribution in [0.2, 0.25) is 0 Å². The lowest BCUT2D eigenvalue weighted by atomic mass is 9.91. The highest BCUT2D eigenvalue weighted by atomic mass is 19.1. The minimum Gasteiger partial charge on any atom is -0.493 e. The summed E-state index contributed by atoms with van der Waals surface area (Å²) >= 11 is 0. The Morgan fingerprint density at radius 1 is 1.03 bits per heavy atom. The van der Waals surface area contributed by atoms with E-state index in [0.717, 1.165) is 18.7 Å². The molecule has 30 heavy (non-hydrogen) atoms. The van der Waals surface area contributed by atoms with Crippen LogP contribution in [-0.4, -0.2) is 43.7 Å². The van der Waals surface area contributed by atoms with Gasteiger partial charge < -0.3 is 9.47 Å². The molecule has 1 saturated heterocycles. The van der Waals surface area contributed by atoms with Gasteiger partial charge in [0.15, 0.2) is 17.2 Å². The number of methoxy groups -OCH3 is 2. The maximum atomic E-state index is 15.7. The first-order valence-electron chi connectivity index (χ1n) is 10.4. The third kappa shape index (κ3) is 3.93. The van der Waals surface area contributed by atoms with Crippen molar-refractivity contribution >= 4 is 5.78 Å². The average molecular weight is 415 g/mol. The number of hydrogen-bond donors (Lipinski definition) is 0. The van der Waals surface area contributed by atoms with Crippen LogP contribution in [0.1, 0.15) is 46.3 Å². The van der Waals surface area contributed by atoms with Crippen LogP contribution < -0.4 is 9.47 Å². The number of carbonyl (C=O) groups excluding carboxylic acids is 1. The molecule has 0 radical (unpaired) electrons. The van der Waals surface area contributed by atoms with Crippen molar-refractivity contribution in [3.05, 3.63) is 58.4 Å². The Labute approximate surface area is 175 Å². The zero-order chi connectivity index (χ0) is 21.3. The molecule has 1 heterocycles. The molecule has 0 N–H and O–H groups in total. The minimum atomic E-state index is -2.17. The molecule has 1 fully saturated rings. The van der Waals surface area contributed by atoms with Gasteiger partial charge >= 0.3 is 0 Å². The third-order valence-electron chi connectivity index (χ3n) is 6.17. The molecule has 0 spiro atoms. The molecule has 160 valence electrons. The van der Waals surface area contributed by atoms with E-state index in [4.69, 9.17) is 9.47 Å². The molecule has 0 aromatic heterocycles. The van der Waals surface area contributed by atoms with Crippen LogP contribution in [0.5, 0.6) is 11.5 Å². The molecular weight excluding hydrogens is 388 g/mol. The van der Waals surface area contributed by atoms with Crippen molar-refractivity contribution in [2.75, 3.05) is 27.3 Å². The van der Waals surface area contributed by atoms with E-state index in [2.05, 4.69) is 4.90 Å². The number of carbonyl (C=O) groups is 1. The van der Waals surface area contributed by atoms with Gasteiger partial charge in [-0.25, -0.2) is 8.78 Å². The second-order valence-corrected chi connectivity index (χ2v) is 8.27. The lowest BCUT2D eigenvalue weighted by Gasteiger charge is -2.26. The molecule has 1 unspecified atom stereocenters. The summed E-state index contributed by atoms with van der Waals surface area (Å²) in [6.07, 6.45) is 3.19. The Bertz CT molecular complexity index is 956. The number of likely N-dealkylation sites (tertiary alicyclic amines) is 1. The first-order valence-corrected chi connectivity index (χ1v) is 10.4. The maximum Gasteiger partial charge on any atom is 0.201 e. The molecule has 4 nitrogen and oxygen atoms in total. The molecule has 1 atom stereocenters. The Hall–Kier alpha value is -2.47. The fraction of sp³-hybridized carbons (Fsp3) is 0.458. The number of fused-ring (bicyclic) bond motifs is 1. The molecule has 1 aliphatic carbocycles. The van der Waals surface area contributed by atoms with E-state index in [9.17, 15) is 9.18 Å². The normalized spacial score (nSPS) is 21.5. The van der Waals surface area contributed by atoms with E-state index in [1.165, 1.54) is 45.6 Å². The number of alkyl halides is 1. The molecule has 0 bridgehead atoms. The predicted octanol–water partition coefficient (Wildman–Crippen LogP) is 4.52. The van der Waals surface area contributed by atoms with Crippen LogP contribution in [0, 0.1) is 5.82 Å². The van der Waals surface area contributed by atoms with Crippen molar-refractivity contribution in [2.24, 2.45) is 0 Å². The third-order valence-corrected chi connectivity index (χ3v) is 6.17. The van der Waals surface area contributed by atoms with Crippen molar-refractivity contribution in [3.8, 4) is 11.5 Å². The standard InChI is InChI=1S/C24H27F2NO3/c1-29-21-11-18-14-24(26,23(28)19(18)12-22(21)30-2)13-17-7-6-16(10-20(17)25)15-27-8-4-3-5-9-27/h6-7,10-12H,3-5,8-9,13-15H2,1-2H3. The van der Waals surface area contributed by atoms with Crippen LogP contribution in [0.4, 0.5) is 8.78 Å². The molecule has 2 aromatic rings. The number of benzene rings is 2. The van der Waals surface area contributed by atoms with Crippen LogP contribution in [0.15, 0.2) is 30.3 Å². The SMILES string of the molecule is COc1cc2c(cc1OC)C(=O)C(F)(Cc1ccc(CN3CCCCC3)cc1F)C2. The van der Waals surface area contributed by atoms with E-state index in [1.807, 2.05) is 6.07 Å². The van der Waals surface area contributed by atoms with Crippen molar-refractivity contribution in [1.29, 1.82) is 0 Å². The largest absolute Gasteiger partial charge is 0.493 e. The summed E-state index contributed by atoms with van der Waals surface area (Å²) in [5.41, 5.74) is -0.240. The van der Waals surface area contributed by atoms with Gasteiger partial charge in [0.25, 0.3) is 0 Å². The average Bonchev–Trinajstić information content (AvgIpc) is 2.99. The van der Waals surface area contributed by atoms with Gasteiger partial charge in [-0.2, -0.15) is 0 Å². The zero-order valence-electron chi connectivity index (χ0n) is 17.5. The van der Waals surface area contributed by atoms with Crippen LogP contribution in [0.25, 0.3) is 0 Å². The van der Waals surface area contributed by atoms with Gasteiger partial charge in [0.1, 0.15) is 5.82 Å². The molecular formula is C24H27F2NO3. The zero-order valence-corrected chi connectivity index (χ0v) is 17.5. The van der Waals surface area contributed by atoms with Crippen LogP contribution in [-0.2, 0) is 19.4 Å². The van der Waals surface area contributed by atoms with Crippen LogP contribution in [0.3, 0.4) is 0 Å². The Balaban J connectivity index is 1.52. The number of piperidine rings is 1. The van der Waals surface area contributed by atoms with Gasteiger partial charge in [-0.3, -0.25) is 9.69 Å². The van der Waals surface area contributed by atoms with Crippen molar-refractivity contribution in [2.45, 2.75) is 44.3 Å². The summed E-state index contributed by atoms with van der Waals surface area (Å²) in [5, 5.41) is 0. The predicted molar refractivity (Wildman–Crippen MR) is 111 cm³/mol. The second kappa shape index (κ2) is 8.34. The van der Waals surface area contributed by atoms with Gasteiger partial charge in [0.2, 0.25) is 5.78 Å². The van der Waals surface area contributed by atoms with Crippen molar-refractivity contribution in [1.82, 2.24) is 4.90 Å². The fourth-order valence-corrected chi connectivity index (χ4v) is 4.56. The number of nitrogens with zero attached hydrogens (tertiary/aromatic N) is 1. The monoisotopic (exact) mass is 415 g/mol. The Morgan fingerprint density at radius 2 is 1.73 bits per heavy atom. The lowest BCUT2D eigenvalue weighted by Crippen LogP contribution is -2.33. The Morgan fingerprint density at radius 3 is 2.40 bits per heavy atom. The number of halogens is 2. The topological polar surface area (TPSA) is 38.8 Å². The number of Topliss-reactive ketones (excluding diaryl/α,β-unsaturated/α-hetero) is 1. The molecule has 6 heteroatoms. The molecule has 2 aromatic carbocycles. The smallest absolute Gasteiger partial charge is 0.201 e. The summed E-state index contributed by atoms with van der Waals surface area (Å²) in [5.74, 6) is -0.264. The van der Waals surface area contributed by atoms with E-state index >= 15 is 4.39 Å². The quantitative estimate of drug-likeness (QED) is 0.696. The maximum absolute atomic E-state index is 15.7. The molecule has 0 amide bonds. The second-order valence-electron chi connectivity index (χ2n) is 8.27. The molecule has 0 saturated carbocycles. The summed E-state index contributed by atoms with van der Waals surface area (Å²) in [7, 11) is 2.96. The number of rotatable bonds is 6. The van der Waals surface area contributed by atoms with Gasteiger partial charge in [-0.05, 0) is 60.8 Å². The lowest BCUT2D eigenvalue weighted by molar-refractivity contribution is 0.0718. The summed E-state index contributed by atoms with van der Waals surface area (Å²) in [6.45, 7) is 2.75. The fourth-order valence-electron chi connectivity index (χ4n) is 4.56. The number of ether oxygens (including phenoxy) is 2. The first kappa shape index (κ1) is 20.8. The van der Waals surface area contributed by atoms with Gasteiger partial charge in [-0.1, -0.05) is 18.6 Å². The molecule has 2 aliphatic rings. The summed E-state index contributed by atoms with van der Waals surface area (Å²) < 4.78 is 41.0. The van der Waals surface area contributed by atoms with Crippen LogP contribution >= 0.6 is 0 Å². The highest BCUT2D eigenvalue weighted by Crippen LogP contribution is 2.41. The highest BCUT2D eigenvalue weighted by Gasteiger charge is 2.47. The van der Waals surface area contributed by atoms with Crippen molar-refractivity contribution in [3.63, 3.8) is 0 Å². The highest BCUT2D eigenvalue weighted by molar-refractivity contribution is 6.07. The van der Waals surface area contributed by atoms with E-state index in [-0.39, 0.29) is 24.0 Å². The Kier molecular flexibility index (Phi) is 5.78. The molecule has 1 aliphatic heterocycles. The van der Waals surface area contributed by atoms with E-state index < -0.39 is 17.3 Å². The van der Waals surface area contributed by atoms with Gasteiger partial charge in [0, 0.05) is 24.9 Å². The number of hydrogen-bond acceptors (Lipinski definition) is 4. The van der Waals surface area contributed by atoms with E-state index in [1.54, 1.807) is 12.1 Å². The van der Waals surface area contributed by atoms with Crippen molar-refractivity contribution < 1.29 is 23.0 Å². The van der Waals surface area contributed by atoms with E-state index in [0.29, 0.717) is 23.6 Å². The molecule has 4 rings (SSSR count). The summed E-state index contributed by atoms with van der Waals surface area (Å²) in [4.78, 5) is 15.1. The minimum absolute atomic E-state index is 0.101.